The molecule has 0 aromatic carbocycles. The summed E-state index contributed by atoms with van der Waals surface area (Å²) in [7, 11) is 0. The summed E-state index contributed by atoms with van der Waals surface area (Å²) in [6, 6.07) is -0.427. The number of urea groups is 1. The number of aromatic nitrogens is 3. The Hall–Kier alpha value is -1.96. The van der Waals surface area contributed by atoms with Gasteiger partial charge in [0.15, 0.2) is 0 Å². The molecular formula is C17H28N6O2. The van der Waals surface area contributed by atoms with Gasteiger partial charge in [-0.2, -0.15) is 0 Å². The van der Waals surface area contributed by atoms with Gasteiger partial charge < -0.3 is 9.88 Å². The van der Waals surface area contributed by atoms with Gasteiger partial charge in [0, 0.05) is 32.0 Å². The van der Waals surface area contributed by atoms with Crippen LogP contribution in [0.4, 0.5) is 4.79 Å². The Morgan fingerprint density at radius 2 is 2.04 bits per heavy atom. The van der Waals surface area contributed by atoms with Crippen LogP contribution in [0.5, 0.6) is 0 Å². The molecule has 3 rings (SSSR count). The van der Waals surface area contributed by atoms with Crippen molar-refractivity contribution in [2.75, 3.05) is 26.2 Å². The molecule has 3 amide bonds. The number of likely N-dealkylation sites (tertiary alicyclic amines) is 1. The van der Waals surface area contributed by atoms with Gasteiger partial charge in [0.1, 0.15) is 11.6 Å². The molecule has 1 fully saturated rings. The summed E-state index contributed by atoms with van der Waals surface area (Å²) in [5.74, 6) is 2.24. The zero-order valence-electron chi connectivity index (χ0n) is 15.0. The number of hydrogen-bond donors (Lipinski definition) is 2. The van der Waals surface area contributed by atoms with Crippen molar-refractivity contribution in [3.8, 4) is 0 Å². The van der Waals surface area contributed by atoms with Crippen LogP contribution in [-0.2, 0) is 17.8 Å². The molecule has 0 aliphatic carbocycles. The molecule has 2 N–H and O–H groups in total. The van der Waals surface area contributed by atoms with Gasteiger partial charge >= 0.3 is 6.03 Å². The van der Waals surface area contributed by atoms with Crippen molar-refractivity contribution in [1.82, 2.24) is 30.3 Å². The summed E-state index contributed by atoms with van der Waals surface area (Å²) in [5, 5.41) is 13.8. The fourth-order valence-electron chi connectivity index (χ4n) is 3.79. The van der Waals surface area contributed by atoms with Crippen LogP contribution in [0.15, 0.2) is 0 Å². The van der Waals surface area contributed by atoms with Gasteiger partial charge in [0.25, 0.3) is 0 Å². The van der Waals surface area contributed by atoms with Gasteiger partial charge in [-0.1, -0.05) is 6.42 Å². The summed E-state index contributed by atoms with van der Waals surface area (Å²) in [4.78, 5) is 25.6. The SMILES string of the molecule is CCNC(=O)NC(=O)CN1CCCC(c2nnc3n2CCCCC3)C1. The number of fused-ring (bicyclic) bond motifs is 1. The number of hydrogen-bond acceptors (Lipinski definition) is 5. The highest BCUT2D eigenvalue weighted by Crippen LogP contribution is 2.27. The predicted octanol–water partition coefficient (Wildman–Crippen LogP) is 1.03. The number of rotatable bonds is 4. The summed E-state index contributed by atoms with van der Waals surface area (Å²) in [6.45, 7) is 5.24. The average molecular weight is 348 g/mol. The highest BCUT2D eigenvalue weighted by atomic mass is 16.2. The van der Waals surface area contributed by atoms with Crippen LogP contribution in [0.2, 0.25) is 0 Å². The second-order valence-corrected chi connectivity index (χ2v) is 6.92. The van der Waals surface area contributed by atoms with E-state index >= 15 is 0 Å². The molecule has 3 heterocycles. The molecule has 1 saturated heterocycles. The summed E-state index contributed by atoms with van der Waals surface area (Å²) < 4.78 is 2.30. The van der Waals surface area contributed by atoms with E-state index in [1.807, 2.05) is 6.92 Å². The molecule has 1 unspecified atom stereocenters. The quantitative estimate of drug-likeness (QED) is 0.848. The minimum Gasteiger partial charge on any atom is -0.338 e. The molecule has 0 radical (unpaired) electrons. The van der Waals surface area contributed by atoms with Crippen LogP contribution in [0.25, 0.3) is 0 Å². The first-order valence-corrected chi connectivity index (χ1v) is 9.39. The van der Waals surface area contributed by atoms with Crippen LogP contribution in [0.1, 0.15) is 56.6 Å². The minimum atomic E-state index is -0.427. The van der Waals surface area contributed by atoms with Crippen molar-refractivity contribution >= 4 is 11.9 Å². The summed E-state index contributed by atoms with van der Waals surface area (Å²) in [6.07, 6.45) is 6.74. The van der Waals surface area contributed by atoms with Crippen LogP contribution in [-0.4, -0.2) is 57.8 Å². The van der Waals surface area contributed by atoms with Gasteiger partial charge in [0.2, 0.25) is 5.91 Å². The maximum Gasteiger partial charge on any atom is 0.321 e. The van der Waals surface area contributed by atoms with Crippen LogP contribution in [0, 0.1) is 0 Å². The largest absolute Gasteiger partial charge is 0.338 e. The Kier molecular flexibility index (Phi) is 6.01. The van der Waals surface area contributed by atoms with E-state index in [9.17, 15) is 9.59 Å². The van der Waals surface area contributed by atoms with Gasteiger partial charge in [-0.3, -0.25) is 15.0 Å². The molecule has 8 nitrogen and oxygen atoms in total. The highest BCUT2D eigenvalue weighted by Gasteiger charge is 2.28. The van der Waals surface area contributed by atoms with Crippen molar-refractivity contribution in [2.45, 2.75) is 57.9 Å². The minimum absolute atomic E-state index is 0.245. The van der Waals surface area contributed by atoms with E-state index in [0.717, 1.165) is 50.5 Å². The molecule has 1 aromatic heterocycles. The first kappa shape index (κ1) is 17.8. The second-order valence-electron chi connectivity index (χ2n) is 6.92. The lowest BCUT2D eigenvalue weighted by atomic mass is 9.97. The highest BCUT2D eigenvalue weighted by molar-refractivity contribution is 5.95. The molecule has 1 atom stereocenters. The molecule has 2 aliphatic rings. The molecule has 0 bridgehead atoms. The fraction of sp³-hybridized carbons (Fsp3) is 0.765. The zero-order chi connectivity index (χ0) is 17.6. The zero-order valence-corrected chi connectivity index (χ0v) is 15.0. The molecule has 138 valence electrons. The first-order valence-electron chi connectivity index (χ1n) is 9.39. The molecule has 0 saturated carbocycles. The number of imide groups is 1. The third-order valence-corrected chi connectivity index (χ3v) is 4.97. The van der Waals surface area contributed by atoms with Gasteiger partial charge in [0.05, 0.1) is 6.54 Å². The molecule has 8 heteroatoms. The van der Waals surface area contributed by atoms with Gasteiger partial charge in [-0.25, -0.2) is 4.79 Å². The second kappa shape index (κ2) is 8.42. The normalized spacial score (nSPS) is 21.2. The van der Waals surface area contributed by atoms with Crippen molar-refractivity contribution in [1.29, 1.82) is 0 Å². The Bertz CT molecular complexity index is 614. The third kappa shape index (κ3) is 4.56. The van der Waals surface area contributed by atoms with E-state index in [1.165, 1.54) is 19.3 Å². The molecule has 1 aromatic rings. The monoisotopic (exact) mass is 348 g/mol. The Balaban J connectivity index is 1.59. The lowest BCUT2D eigenvalue weighted by Crippen LogP contribution is -2.46. The first-order chi connectivity index (χ1) is 12.2. The van der Waals surface area contributed by atoms with Crippen molar-refractivity contribution < 1.29 is 9.59 Å². The van der Waals surface area contributed by atoms with Crippen LogP contribution < -0.4 is 10.6 Å². The Morgan fingerprint density at radius 1 is 1.16 bits per heavy atom. The van der Waals surface area contributed by atoms with Gasteiger partial charge in [-0.05, 0) is 39.2 Å². The van der Waals surface area contributed by atoms with Crippen LogP contribution >= 0.6 is 0 Å². The molecule has 2 aliphatic heterocycles. The molecule has 0 spiro atoms. The molecule has 25 heavy (non-hydrogen) atoms. The lowest BCUT2D eigenvalue weighted by molar-refractivity contribution is -0.121. The van der Waals surface area contributed by atoms with E-state index < -0.39 is 6.03 Å². The van der Waals surface area contributed by atoms with Gasteiger partial charge in [-0.15, -0.1) is 10.2 Å². The van der Waals surface area contributed by atoms with Crippen LogP contribution in [0.3, 0.4) is 0 Å². The van der Waals surface area contributed by atoms with E-state index in [1.54, 1.807) is 0 Å². The van der Waals surface area contributed by atoms with Crippen molar-refractivity contribution in [3.05, 3.63) is 11.6 Å². The number of amides is 3. The fourth-order valence-corrected chi connectivity index (χ4v) is 3.79. The van der Waals surface area contributed by atoms with E-state index in [-0.39, 0.29) is 12.5 Å². The third-order valence-electron chi connectivity index (χ3n) is 4.97. The summed E-state index contributed by atoms with van der Waals surface area (Å²) in [5.41, 5.74) is 0. The number of carbonyl (C=O) groups is 2. The summed E-state index contributed by atoms with van der Waals surface area (Å²) >= 11 is 0. The Morgan fingerprint density at radius 3 is 2.88 bits per heavy atom. The maximum absolute atomic E-state index is 12.0. The number of piperidine rings is 1. The number of carbonyl (C=O) groups excluding carboxylic acids is 2. The number of nitrogens with one attached hydrogen (secondary N) is 2. The van der Waals surface area contributed by atoms with E-state index in [0.29, 0.717) is 12.5 Å². The smallest absolute Gasteiger partial charge is 0.321 e. The van der Waals surface area contributed by atoms with E-state index in [4.69, 9.17) is 0 Å². The standard InChI is InChI=1S/C17H28N6O2/c1-2-18-17(25)19-15(24)12-22-9-6-7-13(11-22)16-21-20-14-8-4-3-5-10-23(14)16/h13H,2-12H2,1H3,(H2,18,19,24,25). The predicted molar refractivity (Wildman–Crippen MR) is 93.2 cm³/mol. The van der Waals surface area contributed by atoms with Crippen molar-refractivity contribution in [3.63, 3.8) is 0 Å². The topological polar surface area (TPSA) is 92.2 Å². The van der Waals surface area contributed by atoms with E-state index in [2.05, 4.69) is 30.3 Å². The Labute approximate surface area is 148 Å². The van der Waals surface area contributed by atoms with Crippen molar-refractivity contribution in [2.24, 2.45) is 0 Å². The average Bonchev–Trinajstić information content (AvgIpc) is 2.84. The molecular weight excluding hydrogens is 320 g/mol. The lowest BCUT2D eigenvalue weighted by Gasteiger charge is -2.31. The maximum atomic E-state index is 12.0. The number of nitrogens with zero attached hydrogens (tertiary/aromatic N) is 4. The number of aryl methyl sites for hydroxylation is 1.